The van der Waals surface area contributed by atoms with E-state index < -0.39 is 0 Å². The lowest BCUT2D eigenvalue weighted by Crippen LogP contribution is -2.06. The number of phenolic OH excluding ortho intramolecular Hbond substituents is 1. The van der Waals surface area contributed by atoms with Gasteiger partial charge in [-0.15, -0.1) is 0 Å². The standard InChI is InChI=1S/C8H10ClNO3/c1-13-8-2-5(4-10-12)7(11)3-6(8)9/h2-3,10-12H,4H2,1H3. The fraction of sp³-hybridized carbons (Fsp3) is 0.250. The summed E-state index contributed by atoms with van der Waals surface area (Å²) in [5.74, 6) is 0.483. The van der Waals surface area contributed by atoms with E-state index >= 15 is 0 Å². The van der Waals surface area contributed by atoms with Gasteiger partial charge in [-0.25, -0.2) is 5.48 Å². The molecule has 0 aliphatic carbocycles. The smallest absolute Gasteiger partial charge is 0.138 e. The lowest BCUT2D eigenvalue weighted by Gasteiger charge is -2.07. The van der Waals surface area contributed by atoms with Gasteiger partial charge in [0, 0.05) is 18.2 Å². The number of phenols is 1. The maximum absolute atomic E-state index is 9.35. The molecule has 4 nitrogen and oxygen atoms in total. The Balaban J connectivity index is 3.06. The number of hydrogen-bond acceptors (Lipinski definition) is 4. The molecule has 0 bridgehead atoms. The molecule has 0 saturated heterocycles. The predicted molar refractivity (Wildman–Crippen MR) is 48.3 cm³/mol. The lowest BCUT2D eigenvalue weighted by molar-refractivity contribution is 0.160. The summed E-state index contributed by atoms with van der Waals surface area (Å²) in [7, 11) is 1.48. The summed E-state index contributed by atoms with van der Waals surface area (Å²) in [5, 5.41) is 18.1. The van der Waals surface area contributed by atoms with E-state index in [1.165, 1.54) is 13.2 Å². The molecule has 0 aliphatic heterocycles. The lowest BCUT2D eigenvalue weighted by atomic mass is 10.2. The van der Waals surface area contributed by atoms with Crippen molar-refractivity contribution in [3.05, 3.63) is 22.7 Å². The third-order valence-corrected chi connectivity index (χ3v) is 1.92. The number of aromatic hydroxyl groups is 1. The number of rotatable bonds is 3. The van der Waals surface area contributed by atoms with Crippen LogP contribution in [0.25, 0.3) is 0 Å². The van der Waals surface area contributed by atoms with Gasteiger partial charge in [0.15, 0.2) is 0 Å². The van der Waals surface area contributed by atoms with E-state index in [1.54, 1.807) is 6.07 Å². The van der Waals surface area contributed by atoms with Crippen molar-refractivity contribution in [2.75, 3.05) is 7.11 Å². The van der Waals surface area contributed by atoms with Gasteiger partial charge in [0.2, 0.25) is 0 Å². The van der Waals surface area contributed by atoms with Crippen molar-refractivity contribution in [3.63, 3.8) is 0 Å². The highest BCUT2D eigenvalue weighted by Gasteiger charge is 2.07. The van der Waals surface area contributed by atoms with Crippen LogP contribution in [0.1, 0.15) is 5.56 Å². The average Bonchev–Trinajstić information content (AvgIpc) is 2.10. The highest BCUT2D eigenvalue weighted by Crippen LogP contribution is 2.31. The quantitative estimate of drug-likeness (QED) is 0.652. The van der Waals surface area contributed by atoms with E-state index in [0.29, 0.717) is 16.3 Å². The molecule has 0 amide bonds. The van der Waals surface area contributed by atoms with Crippen LogP contribution in [0.5, 0.6) is 11.5 Å². The van der Waals surface area contributed by atoms with Crippen LogP contribution >= 0.6 is 11.6 Å². The largest absolute Gasteiger partial charge is 0.508 e. The van der Waals surface area contributed by atoms with Crippen LogP contribution in [0.4, 0.5) is 0 Å². The van der Waals surface area contributed by atoms with Gasteiger partial charge in [-0.1, -0.05) is 11.6 Å². The minimum absolute atomic E-state index is 0.0207. The van der Waals surface area contributed by atoms with Crippen LogP contribution in [0, 0.1) is 0 Å². The first-order valence-corrected chi connectivity index (χ1v) is 3.99. The number of hydroxylamine groups is 1. The number of nitrogens with one attached hydrogen (secondary N) is 1. The molecule has 3 N–H and O–H groups in total. The Labute approximate surface area is 80.7 Å². The highest BCUT2D eigenvalue weighted by molar-refractivity contribution is 6.32. The topological polar surface area (TPSA) is 61.7 Å². The van der Waals surface area contributed by atoms with Gasteiger partial charge >= 0.3 is 0 Å². The Morgan fingerprint density at radius 3 is 2.77 bits per heavy atom. The molecule has 1 rings (SSSR count). The number of methoxy groups -OCH3 is 1. The minimum Gasteiger partial charge on any atom is -0.508 e. The van der Waals surface area contributed by atoms with Gasteiger partial charge < -0.3 is 15.1 Å². The van der Waals surface area contributed by atoms with Crippen LogP contribution in [0.3, 0.4) is 0 Å². The van der Waals surface area contributed by atoms with Gasteiger partial charge in [0.25, 0.3) is 0 Å². The van der Waals surface area contributed by atoms with Crippen molar-refractivity contribution < 1.29 is 15.1 Å². The molecular formula is C8H10ClNO3. The molecule has 0 spiro atoms. The van der Waals surface area contributed by atoms with Crippen molar-refractivity contribution in [2.45, 2.75) is 6.54 Å². The molecule has 0 heterocycles. The number of benzene rings is 1. The number of hydrogen-bond donors (Lipinski definition) is 3. The Kier molecular flexibility index (Phi) is 3.36. The molecule has 0 fully saturated rings. The highest BCUT2D eigenvalue weighted by atomic mass is 35.5. The second-order valence-corrected chi connectivity index (χ2v) is 2.86. The third kappa shape index (κ3) is 2.24. The molecule has 0 unspecified atom stereocenters. The zero-order chi connectivity index (χ0) is 9.84. The Bertz CT molecular complexity index is 304. The molecule has 13 heavy (non-hydrogen) atoms. The van der Waals surface area contributed by atoms with Gasteiger partial charge in [-0.3, -0.25) is 0 Å². The monoisotopic (exact) mass is 203 g/mol. The van der Waals surface area contributed by atoms with E-state index in [4.69, 9.17) is 21.5 Å². The van der Waals surface area contributed by atoms with E-state index in [2.05, 4.69) is 0 Å². The minimum atomic E-state index is 0.0207. The number of halogens is 1. The molecular weight excluding hydrogens is 194 g/mol. The zero-order valence-electron chi connectivity index (χ0n) is 7.04. The van der Waals surface area contributed by atoms with Crippen molar-refractivity contribution in [2.24, 2.45) is 0 Å². The molecule has 1 aromatic carbocycles. The summed E-state index contributed by atoms with van der Waals surface area (Å²) < 4.78 is 4.93. The van der Waals surface area contributed by atoms with Crippen molar-refractivity contribution in [1.82, 2.24) is 5.48 Å². The van der Waals surface area contributed by atoms with Crippen LogP contribution in [-0.4, -0.2) is 17.4 Å². The van der Waals surface area contributed by atoms with E-state index in [-0.39, 0.29) is 12.3 Å². The van der Waals surface area contributed by atoms with E-state index in [1.807, 2.05) is 5.48 Å². The fourth-order valence-corrected chi connectivity index (χ4v) is 1.20. The van der Waals surface area contributed by atoms with Gasteiger partial charge in [0.05, 0.1) is 12.1 Å². The SMILES string of the molecule is COc1cc(CNO)c(O)cc1Cl. The van der Waals surface area contributed by atoms with Crippen molar-refractivity contribution in [3.8, 4) is 11.5 Å². The third-order valence-electron chi connectivity index (χ3n) is 1.62. The molecule has 5 heteroatoms. The summed E-state index contributed by atoms with van der Waals surface area (Å²) >= 11 is 5.73. The molecule has 0 saturated carbocycles. The van der Waals surface area contributed by atoms with Crippen LogP contribution < -0.4 is 10.2 Å². The van der Waals surface area contributed by atoms with Crippen molar-refractivity contribution >= 4 is 11.6 Å². The normalized spacial score (nSPS) is 10.1. The van der Waals surface area contributed by atoms with Gasteiger partial charge in [0.1, 0.15) is 11.5 Å². The fourth-order valence-electron chi connectivity index (χ4n) is 0.968. The van der Waals surface area contributed by atoms with Gasteiger partial charge in [-0.2, -0.15) is 0 Å². The molecule has 0 radical (unpaired) electrons. The zero-order valence-corrected chi connectivity index (χ0v) is 7.80. The van der Waals surface area contributed by atoms with E-state index in [0.717, 1.165) is 0 Å². The van der Waals surface area contributed by atoms with E-state index in [9.17, 15) is 5.11 Å². The predicted octanol–water partition coefficient (Wildman–Crippen LogP) is 1.53. The number of ether oxygens (including phenoxy) is 1. The first-order chi connectivity index (χ1) is 6.19. The molecule has 0 aliphatic rings. The Morgan fingerprint density at radius 1 is 1.54 bits per heavy atom. The maximum Gasteiger partial charge on any atom is 0.138 e. The summed E-state index contributed by atoms with van der Waals surface area (Å²) in [6.07, 6.45) is 0. The molecule has 0 atom stereocenters. The summed E-state index contributed by atoms with van der Waals surface area (Å²) in [4.78, 5) is 0. The molecule has 0 aromatic heterocycles. The second kappa shape index (κ2) is 4.32. The Morgan fingerprint density at radius 2 is 2.23 bits per heavy atom. The molecule has 1 aromatic rings. The molecule has 72 valence electrons. The van der Waals surface area contributed by atoms with Crippen LogP contribution in [0.2, 0.25) is 5.02 Å². The second-order valence-electron chi connectivity index (χ2n) is 2.45. The van der Waals surface area contributed by atoms with Crippen LogP contribution in [0.15, 0.2) is 12.1 Å². The van der Waals surface area contributed by atoms with Gasteiger partial charge in [-0.05, 0) is 6.07 Å². The maximum atomic E-state index is 9.35. The van der Waals surface area contributed by atoms with Crippen LogP contribution in [-0.2, 0) is 6.54 Å². The summed E-state index contributed by atoms with van der Waals surface area (Å²) in [6.45, 7) is 0.138. The average molecular weight is 204 g/mol. The summed E-state index contributed by atoms with van der Waals surface area (Å²) in [5.41, 5.74) is 2.45. The first-order valence-electron chi connectivity index (χ1n) is 3.61. The summed E-state index contributed by atoms with van der Waals surface area (Å²) in [6, 6.07) is 2.92. The first kappa shape index (κ1) is 10.1. The van der Waals surface area contributed by atoms with Crippen molar-refractivity contribution in [1.29, 1.82) is 0 Å². The Hall–Kier alpha value is -0.970.